The summed E-state index contributed by atoms with van der Waals surface area (Å²) in [7, 11) is 0. The third-order valence-corrected chi connectivity index (χ3v) is 2.52. The zero-order valence-electron chi connectivity index (χ0n) is 10.6. The van der Waals surface area contributed by atoms with Gasteiger partial charge in [0, 0.05) is 6.54 Å². The maximum Gasteiger partial charge on any atom is 0.320 e. The molecule has 6 nitrogen and oxygen atoms in total. The minimum Gasteiger partial charge on any atom is -0.338 e. The van der Waals surface area contributed by atoms with Gasteiger partial charge in [-0.05, 0) is 32.9 Å². The lowest BCUT2D eigenvalue weighted by atomic mass is 10.3. The summed E-state index contributed by atoms with van der Waals surface area (Å²) in [5.74, 6) is 0.464. The largest absolute Gasteiger partial charge is 0.338 e. The van der Waals surface area contributed by atoms with Gasteiger partial charge in [-0.25, -0.2) is 19.7 Å². The summed E-state index contributed by atoms with van der Waals surface area (Å²) in [6.07, 6.45) is 0. The van der Waals surface area contributed by atoms with Crippen molar-refractivity contribution in [2.24, 2.45) is 0 Å². The van der Waals surface area contributed by atoms with Crippen molar-refractivity contribution < 1.29 is 4.79 Å². The van der Waals surface area contributed by atoms with E-state index >= 15 is 0 Å². The summed E-state index contributed by atoms with van der Waals surface area (Å²) in [4.78, 5) is 24.3. The number of carbonyl (C=O) groups excluding carboxylic acids is 1. The second-order valence-electron chi connectivity index (χ2n) is 3.92. The summed E-state index contributed by atoms with van der Waals surface area (Å²) in [5, 5.41) is 5.28. The number of aromatic nitrogens is 3. The van der Waals surface area contributed by atoms with Crippen molar-refractivity contribution in [1.29, 1.82) is 0 Å². The van der Waals surface area contributed by atoms with E-state index in [1.807, 2.05) is 20.8 Å². The molecule has 2 N–H and O–H groups in total. The highest BCUT2D eigenvalue weighted by molar-refractivity contribution is 5.89. The second kappa shape index (κ2) is 4.95. The molecule has 2 amide bonds. The van der Waals surface area contributed by atoms with Gasteiger partial charge in [-0.2, -0.15) is 0 Å². The number of nitrogens with zero attached hydrogens (tertiary/aromatic N) is 3. The minimum absolute atomic E-state index is 0.277. The molecule has 0 saturated heterocycles. The summed E-state index contributed by atoms with van der Waals surface area (Å²) >= 11 is 0. The minimum atomic E-state index is -0.277. The van der Waals surface area contributed by atoms with Crippen LogP contribution in [0.2, 0.25) is 0 Å². The summed E-state index contributed by atoms with van der Waals surface area (Å²) < 4.78 is 0. The number of hydrogen-bond donors (Lipinski definition) is 2. The zero-order valence-corrected chi connectivity index (χ0v) is 10.6. The molecule has 2 aromatic heterocycles. The number of amides is 2. The number of rotatable bonds is 2. The molecule has 0 aromatic carbocycles. The number of pyridine rings is 1. The maximum atomic E-state index is 11.4. The molecule has 0 saturated carbocycles. The topological polar surface area (TPSA) is 79.8 Å². The van der Waals surface area contributed by atoms with E-state index in [0.29, 0.717) is 18.0 Å². The van der Waals surface area contributed by atoms with Gasteiger partial charge in [-0.1, -0.05) is 0 Å². The molecule has 2 heterocycles. The van der Waals surface area contributed by atoms with Gasteiger partial charge in [0.2, 0.25) is 0 Å². The fourth-order valence-electron chi connectivity index (χ4n) is 1.50. The molecule has 0 aliphatic heterocycles. The Morgan fingerprint density at radius 1 is 1.17 bits per heavy atom. The molecule has 0 bridgehead atoms. The van der Waals surface area contributed by atoms with Crippen LogP contribution in [0.4, 0.5) is 10.6 Å². The normalized spacial score (nSPS) is 10.4. The third-order valence-electron chi connectivity index (χ3n) is 2.52. The predicted octanol–water partition coefficient (Wildman–Crippen LogP) is 1.78. The van der Waals surface area contributed by atoms with Crippen LogP contribution in [-0.4, -0.2) is 27.5 Å². The van der Waals surface area contributed by atoms with Crippen molar-refractivity contribution in [1.82, 2.24) is 20.3 Å². The van der Waals surface area contributed by atoms with E-state index in [2.05, 4.69) is 25.6 Å². The second-order valence-corrected chi connectivity index (χ2v) is 3.92. The molecular formula is C12H15N5O. The van der Waals surface area contributed by atoms with Gasteiger partial charge in [0.15, 0.2) is 5.65 Å². The Morgan fingerprint density at radius 2 is 1.89 bits per heavy atom. The van der Waals surface area contributed by atoms with E-state index in [1.54, 1.807) is 12.1 Å². The Morgan fingerprint density at radius 3 is 2.61 bits per heavy atom. The number of hydrogen-bond acceptors (Lipinski definition) is 4. The first-order valence-electron chi connectivity index (χ1n) is 5.77. The van der Waals surface area contributed by atoms with Crippen molar-refractivity contribution >= 4 is 23.0 Å². The molecule has 0 spiro atoms. The number of carbonyl (C=O) groups is 1. The monoisotopic (exact) mass is 245 g/mol. The van der Waals surface area contributed by atoms with E-state index in [1.165, 1.54) is 0 Å². The fraction of sp³-hybridized carbons (Fsp3) is 0.333. The lowest BCUT2D eigenvalue weighted by Crippen LogP contribution is -2.28. The van der Waals surface area contributed by atoms with Crippen LogP contribution in [0.5, 0.6) is 0 Å². The molecule has 0 aliphatic carbocycles. The zero-order chi connectivity index (χ0) is 13.1. The summed E-state index contributed by atoms with van der Waals surface area (Å²) in [6, 6.07) is 3.23. The van der Waals surface area contributed by atoms with Gasteiger partial charge < -0.3 is 5.32 Å². The van der Waals surface area contributed by atoms with Gasteiger partial charge in [-0.15, -0.1) is 0 Å². The van der Waals surface area contributed by atoms with Gasteiger partial charge >= 0.3 is 6.03 Å². The summed E-state index contributed by atoms with van der Waals surface area (Å²) in [6.45, 7) is 6.21. The molecule has 6 heteroatoms. The molecule has 0 atom stereocenters. The fourth-order valence-corrected chi connectivity index (χ4v) is 1.50. The van der Waals surface area contributed by atoms with Crippen LogP contribution in [0, 0.1) is 13.8 Å². The van der Waals surface area contributed by atoms with Crippen molar-refractivity contribution in [3.8, 4) is 0 Å². The lowest BCUT2D eigenvalue weighted by Gasteiger charge is -2.06. The highest BCUT2D eigenvalue weighted by Crippen LogP contribution is 2.13. The number of anilines is 1. The maximum absolute atomic E-state index is 11.4. The average Bonchev–Trinajstić information content (AvgIpc) is 2.31. The molecule has 0 radical (unpaired) electrons. The Hall–Kier alpha value is -2.24. The van der Waals surface area contributed by atoms with Crippen LogP contribution in [0.3, 0.4) is 0 Å². The molecule has 18 heavy (non-hydrogen) atoms. The Balaban J connectivity index is 2.32. The first-order chi connectivity index (χ1) is 8.60. The highest BCUT2D eigenvalue weighted by Gasteiger charge is 2.06. The predicted molar refractivity (Wildman–Crippen MR) is 69.5 cm³/mol. The van der Waals surface area contributed by atoms with Crippen LogP contribution in [0.25, 0.3) is 11.2 Å². The molecule has 2 aromatic rings. The third kappa shape index (κ3) is 2.53. The van der Waals surface area contributed by atoms with E-state index in [9.17, 15) is 4.79 Å². The van der Waals surface area contributed by atoms with E-state index in [4.69, 9.17) is 0 Å². The number of aryl methyl sites for hydroxylation is 2. The van der Waals surface area contributed by atoms with Gasteiger partial charge in [0.25, 0.3) is 0 Å². The molecule has 0 unspecified atom stereocenters. The van der Waals surface area contributed by atoms with Crippen LogP contribution in [0.15, 0.2) is 12.1 Å². The molecule has 0 fully saturated rings. The van der Waals surface area contributed by atoms with Crippen molar-refractivity contribution in [2.75, 3.05) is 11.9 Å². The molecule has 2 rings (SSSR count). The van der Waals surface area contributed by atoms with Crippen LogP contribution in [-0.2, 0) is 0 Å². The van der Waals surface area contributed by atoms with Crippen molar-refractivity contribution in [2.45, 2.75) is 20.8 Å². The molecule has 0 aliphatic rings. The van der Waals surface area contributed by atoms with Crippen molar-refractivity contribution in [3.63, 3.8) is 0 Å². The van der Waals surface area contributed by atoms with Crippen LogP contribution in [0.1, 0.15) is 18.3 Å². The van der Waals surface area contributed by atoms with Crippen molar-refractivity contribution in [3.05, 3.63) is 23.5 Å². The number of fused-ring (bicyclic) bond motifs is 1. The van der Waals surface area contributed by atoms with E-state index in [0.717, 1.165) is 16.9 Å². The number of nitrogens with one attached hydrogen (secondary N) is 2. The lowest BCUT2D eigenvalue weighted by molar-refractivity contribution is 0.252. The molecular weight excluding hydrogens is 230 g/mol. The summed E-state index contributed by atoms with van der Waals surface area (Å²) in [5.41, 5.74) is 2.98. The van der Waals surface area contributed by atoms with E-state index in [-0.39, 0.29) is 6.03 Å². The van der Waals surface area contributed by atoms with Crippen LogP contribution < -0.4 is 10.6 Å². The van der Waals surface area contributed by atoms with E-state index < -0.39 is 0 Å². The van der Waals surface area contributed by atoms with Gasteiger partial charge in [0.1, 0.15) is 11.3 Å². The Labute approximate surface area is 105 Å². The standard InChI is InChI=1S/C12H15N5O/c1-4-13-12(18)17-10-6-5-9-11(16-10)15-8(3)7(2)14-9/h5-6H,4H2,1-3H3,(H2,13,15,16,17,18). The Kier molecular flexibility index (Phi) is 3.36. The molecule has 94 valence electrons. The SMILES string of the molecule is CCNC(=O)Nc1ccc2nc(C)c(C)nc2n1. The van der Waals surface area contributed by atoms with Gasteiger partial charge in [0.05, 0.1) is 11.4 Å². The highest BCUT2D eigenvalue weighted by atomic mass is 16.2. The first-order valence-corrected chi connectivity index (χ1v) is 5.77. The smallest absolute Gasteiger partial charge is 0.320 e. The number of urea groups is 1. The quantitative estimate of drug-likeness (QED) is 0.845. The van der Waals surface area contributed by atoms with Crippen LogP contribution >= 0.6 is 0 Å². The van der Waals surface area contributed by atoms with Gasteiger partial charge in [-0.3, -0.25) is 5.32 Å². The average molecular weight is 245 g/mol. The Bertz CT molecular complexity index is 596. The first kappa shape index (κ1) is 12.2.